The van der Waals surface area contributed by atoms with E-state index in [-0.39, 0.29) is 70.6 Å². The van der Waals surface area contributed by atoms with E-state index >= 15 is 0 Å². The number of imidazole rings is 1. The first-order valence-corrected chi connectivity index (χ1v) is 32.1. The first-order valence-electron chi connectivity index (χ1n) is 26.7. The standard InChI is InChI=1S/C48H80N7O19P3S/c1-26(30-10-11-31-36-32(13-16-48(30,31)6)47(5)15-12-29(56)20-28(47)21-33(36)57)8-7-9-27(2)45(62)78-19-18-50-35(58)14-17-51-43(61)40(60)46(3,4)23-71-77(68,69)74-76(66,67)70-22-34-39(73-75(63,64)65)38(59)44(72-34)55-25-54-37-41(49)52-24-53-42(37)55/h24-34,36,38-40,44,56-57,59-60H,7-23H2,1-6H3,(H,50,58)(H,51,61)(H,66,67)(H,68,69)(H2,49,52,53)(H2,63,64,65)/p-4/t26-,27-,28+,29-,30-,31+,32+,33-,34-,36+,38-,39-,40+,44-,47+,48-/m1/s1. The van der Waals surface area contributed by atoms with Gasteiger partial charge in [0.2, 0.25) is 11.8 Å². The van der Waals surface area contributed by atoms with Crippen molar-refractivity contribution in [2.75, 3.05) is 37.8 Å². The molecule has 3 heterocycles. The molecular weight excluding hydrogens is 1100 g/mol. The third kappa shape index (κ3) is 14.6. The predicted molar refractivity (Wildman–Crippen MR) is 273 cm³/mol. The van der Waals surface area contributed by atoms with Crippen LogP contribution in [0.2, 0.25) is 0 Å². The summed E-state index contributed by atoms with van der Waals surface area (Å²) in [6, 6.07) is 0. The van der Waals surface area contributed by atoms with Crippen LogP contribution in [0.25, 0.3) is 11.2 Å². The zero-order valence-corrected chi connectivity index (χ0v) is 48.3. The van der Waals surface area contributed by atoms with E-state index < -0.39 is 84.6 Å². The molecule has 4 saturated carbocycles. The Hall–Kier alpha value is -2.52. The molecule has 1 aliphatic heterocycles. The molecule has 5 fully saturated rings. The summed E-state index contributed by atoms with van der Waals surface area (Å²) in [6.45, 7) is 9.30. The first-order chi connectivity index (χ1) is 36.4. The number of carbonyl (C=O) groups is 3. The first kappa shape index (κ1) is 63.1. The van der Waals surface area contributed by atoms with Crippen LogP contribution in [0.5, 0.6) is 0 Å². The number of hydrogen-bond acceptors (Lipinski definition) is 24. The second kappa shape index (κ2) is 25.1. The lowest BCUT2D eigenvalue weighted by Gasteiger charge is -2.62. The highest BCUT2D eigenvalue weighted by atomic mass is 32.2. The van der Waals surface area contributed by atoms with Crippen molar-refractivity contribution in [1.82, 2.24) is 30.2 Å². The molecule has 0 radical (unpaired) electrons. The molecule has 0 spiro atoms. The van der Waals surface area contributed by atoms with Crippen molar-refractivity contribution < 1.29 is 90.7 Å². The number of phosphoric acid groups is 3. The smallest absolute Gasteiger partial charge is 0.274 e. The Bertz CT molecular complexity index is 2600. The summed E-state index contributed by atoms with van der Waals surface area (Å²) in [5.74, 6) is 1.43. The molecule has 30 heteroatoms. The summed E-state index contributed by atoms with van der Waals surface area (Å²) in [6.07, 6.45) is 2.68. The van der Waals surface area contributed by atoms with Gasteiger partial charge in [-0.2, -0.15) is 0 Å². The highest BCUT2D eigenvalue weighted by molar-refractivity contribution is 8.13. The minimum absolute atomic E-state index is 0.0226. The molecule has 26 nitrogen and oxygen atoms in total. The summed E-state index contributed by atoms with van der Waals surface area (Å²) in [5, 5.41) is 48.7. The summed E-state index contributed by atoms with van der Waals surface area (Å²) < 4.78 is 61.2. The number of carbonyl (C=O) groups excluding carboxylic acids is 3. The van der Waals surface area contributed by atoms with Gasteiger partial charge in [0, 0.05) is 36.6 Å². The van der Waals surface area contributed by atoms with Crippen molar-refractivity contribution in [2.45, 2.75) is 161 Å². The van der Waals surface area contributed by atoms with Crippen LogP contribution in [0, 0.1) is 57.7 Å². The number of thioether (sulfide) groups is 1. The molecule has 442 valence electrons. The average Bonchev–Trinajstić information content (AvgIpc) is 4.21. The van der Waals surface area contributed by atoms with Crippen LogP contribution >= 0.6 is 35.2 Å². The van der Waals surface area contributed by atoms with Gasteiger partial charge in [0.1, 0.15) is 36.3 Å². The van der Waals surface area contributed by atoms with Gasteiger partial charge in [-0.15, -0.1) is 0 Å². The number of hydrogen-bond donors (Lipinski definition) is 7. The minimum Gasteiger partial charge on any atom is -0.790 e. The Morgan fingerprint density at radius 2 is 1.63 bits per heavy atom. The predicted octanol–water partition coefficient (Wildman–Crippen LogP) is 1.57. The van der Waals surface area contributed by atoms with Crippen molar-refractivity contribution >= 4 is 69.1 Å². The summed E-state index contributed by atoms with van der Waals surface area (Å²) in [7, 11) is -17.7. The monoisotopic (exact) mass is 1180 g/mol. The maximum Gasteiger partial charge on any atom is 0.274 e. The molecule has 5 aliphatic rings. The fourth-order valence-electron chi connectivity index (χ4n) is 13.6. The van der Waals surface area contributed by atoms with Gasteiger partial charge in [-0.25, -0.2) is 19.3 Å². The second-order valence-corrected chi connectivity index (χ2v) is 28.6. The molecule has 4 aliphatic carbocycles. The van der Waals surface area contributed by atoms with Crippen LogP contribution in [-0.2, 0) is 50.7 Å². The minimum atomic E-state index is -5.94. The van der Waals surface area contributed by atoms with Gasteiger partial charge in [0.05, 0.1) is 39.6 Å². The molecule has 2 aromatic rings. The second-order valence-electron chi connectivity index (χ2n) is 23.4. The topological polar surface area (TPSA) is 415 Å². The molecule has 78 heavy (non-hydrogen) atoms. The van der Waals surface area contributed by atoms with Crippen LogP contribution in [0.4, 0.5) is 5.82 Å². The van der Waals surface area contributed by atoms with Gasteiger partial charge in [-0.1, -0.05) is 66.1 Å². The van der Waals surface area contributed by atoms with E-state index in [1.807, 2.05) is 6.92 Å². The molecule has 7 rings (SSSR count). The van der Waals surface area contributed by atoms with Crippen molar-refractivity contribution in [3.63, 3.8) is 0 Å². The fraction of sp³-hybridized carbons (Fsp3) is 0.833. The molecule has 2 aromatic heterocycles. The van der Waals surface area contributed by atoms with Crippen molar-refractivity contribution in [1.29, 1.82) is 0 Å². The molecule has 18 atom stereocenters. The number of fused-ring (bicyclic) bond motifs is 6. The van der Waals surface area contributed by atoms with E-state index in [2.05, 4.69) is 64.2 Å². The van der Waals surface area contributed by atoms with Crippen LogP contribution in [0.1, 0.15) is 125 Å². The maximum absolute atomic E-state index is 13.0. The van der Waals surface area contributed by atoms with Crippen LogP contribution in [0.3, 0.4) is 0 Å². The van der Waals surface area contributed by atoms with Gasteiger partial charge in [-0.3, -0.25) is 28.1 Å². The Kier molecular flexibility index (Phi) is 20.3. The number of nitrogens with one attached hydrogen (secondary N) is 2. The van der Waals surface area contributed by atoms with Gasteiger partial charge < -0.3 is 79.2 Å². The van der Waals surface area contributed by atoms with Crippen molar-refractivity contribution in [3.8, 4) is 0 Å². The number of anilines is 1. The van der Waals surface area contributed by atoms with E-state index in [1.54, 1.807) is 0 Å². The van der Waals surface area contributed by atoms with Crippen molar-refractivity contribution in [2.24, 2.45) is 57.7 Å². The summed E-state index contributed by atoms with van der Waals surface area (Å²) >= 11 is 1.15. The molecular formula is C48H76N7O19P3S-4. The lowest BCUT2D eigenvalue weighted by molar-refractivity contribution is -0.347. The number of aliphatic hydroxyl groups is 4. The molecule has 8 N–H and O–H groups in total. The summed E-state index contributed by atoms with van der Waals surface area (Å²) in [5.41, 5.74) is 4.46. The SMILES string of the molecule is C[C@H](CCC[C@@H](C)[C@H]1CC[C@H]2[C@@H]3[C@H](O)C[C@@H]4C[C@H](O)CC[C@]4(C)[C@H]3CC[C@]12C)C(=O)SCCNC(=O)CCNC(=O)[C@H](O)C(C)(C)COP(=O)([O-])OP(=O)([O-])OC[C@H]1O[C@@H](n2cnc3c(N)ncnc32)[C@H](O)[C@@H]1OP(=O)([O-])[O-]. The largest absolute Gasteiger partial charge is 0.790 e. The quantitative estimate of drug-likeness (QED) is 0.0548. The zero-order valence-electron chi connectivity index (χ0n) is 44.8. The lowest BCUT2D eigenvalue weighted by atomic mass is 9.43. The van der Waals surface area contributed by atoms with Gasteiger partial charge in [-0.05, 0) is 104 Å². The van der Waals surface area contributed by atoms with E-state index in [1.165, 1.54) is 26.7 Å². The van der Waals surface area contributed by atoms with E-state index in [4.69, 9.17) is 10.5 Å². The number of nitrogens with two attached hydrogens (primary N) is 1. The third-order valence-electron chi connectivity index (χ3n) is 17.8. The number of nitrogen functional groups attached to an aromatic ring is 1. The average molecular weight is 1180 g/mol. The zero-order chi connectivity index (χ0) is 57.3. The Morgan fingerprint density at radius 3 is 2.35 bits per heavy atom. The fourth-order valence-corrected chi connectivity index (χ4v) is 17.2. The molecule has 0 bridgehead atoms. The van der Waals surface area contributed by atoms with Crippen LogP contribution < -0.4 is 35.9 Å². The number of amides is 2. The van der Waals surface area contributed by atoms with Crippen molar-refractivity contribution in [3.05, 3.63) is 12.7 Å². The van der Waals surface area contributed by atoms with E-state index in [0.29, 0.717) is 41.3 Å². The highest BCUT2D eigenvalue weighted by Gasteiger charge is 2.63. The Balaban J connectivity index is 0.764. The molecule has 1 saturated heterocycles. The van der Waals surface area contributed by atoms with Gasteiger partial charge >= 0.3 is 0 Å². The lowest BCUT2D eigenvalue weighted by Crippen LogP contribution is -2.58. The van der Waals surface area contributed by atoms with Gasteiger partial charge in [0.25, 0.3) is 15.6 Å². The Morgan fingerprint density at radius 1 is 0.936 bits per heavy atom. The van der Waals surface area contributed by atoms with Gasteiger partial charge in [0.15, 0.2) is 22.8 Å². The normalized spacial score (nSPS) is 33.9. The van der Waals surface area contributed by atoms with Crippen LogP contribution in [-0.4, -0.2) is 126 Å². The number of aliphatic hydroxyl groups excluding tert-OH is 4. The number of ether oxygens (including phenoxy) is 1. The molecule has 2 unspecified atom stereocenters. The number of phosphoric ester groups is 3. The van der Waals surface area contributed by atoms with Crippen LogP contribution in [0.15, 0.2) is 12.7 Å². The molecule has 0 aromatic carbocycles. The third-order valence-corrected chi connectivity index (χ3v) is 21.9. The summed E-state index contributed by atoms with van der Waals surface area (Å²) in [4.78, 5) is 98.4. The van der Waals surface area contributed by atoms with E-state index in [9.17, 15) is 68.1 Å². The number of aromatic nitrogens is 4. The number of nitrogens with zero attached hydrogens (tertiary/aromatic N) is 4. The molecule has 2 amide bonds. The number of rotatable bonds is 25. The Labute approximate surface area is 457 Å². The van der Waals surface area contributed by atoms with E-state index in [0.717, 1.165) is 86.8 Å². The maximum atomic E-state index is 13.0. The highest BCUT2D eigenvalue weighted by Crippen LogP contribution is 2.68.